The van der Waals surface area contributed by atoms with Crippen molar-refractivity contribution >= 4 is 0 Å². The number of nitrogens with zero attached hydrogens (tertiary/aromatic N) is 1. The van der Waals surface area contributed by atoms with Crippen LogP contribution in [-0.4, -0.2) is 65.1 Å². The van der Waals surface area contributed by atoms with Gasteiger partial charge in [-0.2, -0.15) is 0 Å². The van der Waals surface area contributed by atoms with Crippen LogP contribution >= 0.6 is 0 Å². The average Bonchev–Trinajstić information content (AvgIpc) is 2.43. The zero-order valence-corrected chi connectivity index (χ0v) is 12.6. The Morgan fingerprint density at radius 2 is 1.95 bits per heavy atom. The lowest BCUT2D eigenvalue weighted by atomic mass is 9.79. The predicted octanol–water partition coefficient (Wildman–Crippen LogP) is 1.36. The van der Waals surface area contributed by atoms with Gasteiger partial charge in [-0.1, -0.05) is 0 Å². The summed E-state index contributed by atoms with van der Waals surface area (Å²) in [6.45, 7) is 7.62. The second-order valence-corrected chi connectivity index (χ2v) is 6.32. The highest BCUT2D eigenvalue weighted by atomic mass is 16.5. The normalized spacial score (nSPS) is 25.6. The Morgan fingerprint density at radius 1 is 1.26 bits per heavy atom. The van der Waals surface area contributed by atoms with Crippen molar-refractivity contribution in [3.63, 3.8) is 0 Å². The molecular formula is C15H30N2O2. The molecule has 0 bridgehead atoms. The summed E-state index contributed by atoms with van der Waals surface area (Å²) in [5.74, 6) is 0.774. The molecule has 0 unspecified atom stereocenters. The van der Waals surface area contributed by atoms with Crippen LogP contribution in [0.2, 0.25) is 0 Å². The summed E-state index contributed by atoms with van der Waals surface area (Å²) in [5.41, 5.74) is 0.432. The van der Waals surface area contributed by atoms with E-state index in [1.807, 2.05) is 7.11 Å². The summed E-state index contributed by atoms with van der Waals surface area (Å²) in [4.78, 5) is 2.66. The average molecular weight is 270 g/mol. The molecule has 2 rings (SSSR count). The molecule has 0 spiro atoms. The zero-order chi connectivity index (χ0) is 13.6. The van der Waals surface area contributed by atoms with Crippen molar-refractivity contribution in [2.24, 2.45) is 11.3 Å². The number of hydrogen-bond acceptors (Lipinski definition) is 4. The molecule has 0 aromatic rings. The summed E-state index contributed by atoms with van der Waals surface area (Å²) in [5, 5.41) is 3.39. The minimum Gasteiger partial charge on any atom is -0.384 e. The number of rotatable bonds is 6. The van der Waals surface area contributed by atoms with Gasteiger partial charge in [0, 0.05) is 40.0 Å². The monoisotopic (exact) mass is 270 g/mol. The molecule has 2 fully saturated rings. The van der Waals surface area contributed by atoms with Crippen molar-refractivity contribution in [3.8, 4) is 0 Å². The summed E-state index contributed by atoms with van der Waals surface area (Å²) >= 11 is 0. The molecule has 1 N–H and O–H groups in total. The van der Waals surface area contributed by atoms with E-state index < -0.39 is 0 Å². The number of likely N-dealkylation sites (tertiary alicyclic amines) is 1. The molecule has 0 aromatic carbocycles. The minimum atomic E-state index is 0.432. The number of piperidine rings is 1. The van der Waals surface area contributed by atoms with E-state index in [1.165, 1.54) is 45.3 Å². The van der Waals surface area contributed by atoms with Crippen LogP contribution in [0.4, 0.5) is 0 Å². The van der Waals surface area contributed by atoms with Gasteiger partial charge in [-0.25, -0.2) is 0 Å². The molecule has 4 nitrogen and oxygen atoms in total. The van der Waals surface area contributed by atoms with Gasteiger partial charge in [0.25, 0.3) is 0 Å². The van der Waals surface area contributed by atoms with Crippen LogP contribution in [0.25, 0.3) is 0 Å². The third-order valence-corrected chi connectivity index (χ3v) is 4.77. The van der Waals surface area contributed by atoms with E-state index in [4.69, 9.17) is 9.47 Å². The summed E-state index contributed by atoms with van der Waals surface area (Å²) in [7, 11) is 3.89. The molecule has 112 valence electrons. The molecule has 0 aliphatic carbocycles. The molecule has 0 atom stereocenters. The van der Waals surface area contributed by atoms with Gasteiger partial charge in [0.15, 0.2) is 0 Å². The molecule has 2 aliphatic heterocycles. The second kappa shape index (κ2) is 7.58. The highest BCUT2D eigenvalue weighted by Crippen LogP contribution is 2.32. The fourth-order valence-electron chi connectivity index (χ4n) is 3.59. The number of hydrogen-bond donors (Lipinski definition) is 1. The molecule has 0 radical (unpaired) electrons. The SMILES string of the molecule is CNCC1(CN2CCC(COC)CC2)CCOCC1. The fourth-order valence-corrected chi connectivity index (χ4v) is 3.59. The van der Waals surface area contributed by atoms with Gasteiger partial charge < -0.3 is 19.7 Å². The van der Waals surface area contributed by atoms with E-state index in [9.17, 15) is 0 Å². The Hall–Kier alpha value is -0.160. The van der Waals surface area contributed by atoms with E-state index >= 15 is 0 Å². The molecule has 0 saturated carbocycles. The number of nitrogens with one attached hydrogen (secondary N) is 1. The molecule has 2 heterocycles. The maximum atomic E-state index is 5.55. The summed E-state index contributed by atoms with van der Waals surface area (Å²) in [6, 6.07) is 0. The quantitative estimate of drug-likeness (QED) is 0.790. The first-order chi connectivity index (χ1) is 9.28. The smallest absolute Gasteiger partial charge is 0.0491 e. The Kier molecular flexibility index (Phi) is 6.07. The molecule has 0 aromatic heterocycles. The van der Waals surface area contributed by atoms with Crippen LogP contribution in [-0.2, 0) is 9.47 Å². The third-order valence-electron chi connectivity index (χ3n) is 4.77. The third kappa shape index (κ3) is 4.42. The van der Waals surface area contributed by atoms with Crippen molar-refractivity contribution in [2.45, 2.75) is 25.7 Å². The topological polar surface area (TPSA) is 33.7 Å². The van der Waals surface area contributed by atoms with Crippen molar-refractivity contribution < 1.29 is 9.47 Å². The fraction of sp³-hybridized carbons (Fsp3) is 1.00. The Labute approximate surface area is 117 Å². The first-order valence-electron chi connectivity index (χ1n) is 7.72. The van der Waals surface area contributed by atoms with Crippen LogP contribution in [0.1, 0.15) is 25.7 Å². The Balaban J connectivity index is 1.81. The van der Waals surface area contributed by atoms with Crippen LogP contribution in [0.3, 0.4) is 0 Å². The molecule has 2 aliphatic rings. The standard InChI is InChI=1S/C15H30N2O2/c1-16-12-15(5-9-19-10-6-15)13-17-7-3-14(4-8-17)11-18-2/h14,16H,3-13H2,1-2H3. The summed E-state index contributed by atoms with van der Waals surface area (Å²) < 4.78 is 10.8. The van der Waals surface area contributed by atoms with E-state index in [1.54, 1.807) is 0 Å². The van der Waals surface area contributed by atoms with Crippen LogP contribution < -0.4 is 5.32 Å². The lowest BCUT2D eigenvalue weighted by Crippen LogP contribution is -2.49. The van der Waals surface area contributed by atoms with E-state index in [-0.39, 0.29) is 0 Å². The van der Waals surface area contributed by atoms with Crippen LogP contribution in [0.15, 0.2) is 0 Å². The zero-order valence-electron chi connectivity index (χ0n) is 12.6. The maximum absolute atomic E-state index is 5.55. The van der Waals surface area contributed by atoms with Crippen molar-refractivity contribution in [1.82, 2.24) is 10.2 Å². The van der Waals surface area contributed by atoms with Gasteiger partial charge in [-0.05, 0) is 57.2 Å². The van der Waals surface area contributed by atoms with Crippen molar-refractivity contribution in [3.05, 3.63) is 0 Å². The lowest BCUT2D eigenvalue weighted by Gasteiger charge is -2.43. The highest BCUT2D eigenvalue weighted by molar-refractivity contribution is 4.88. The Bertz CT molecular complexity index is 241. The first-order valence-corrected chi connectivity index (χ1v) is 7.72. The largest absolute Gasteiger partial charge is 0.384 e. The van der Waals surface area contributed by atoms with E-state index in [0.29, 0.717) is 5.41 Å². The number of methoxy groups -OCH3 is 1. The van der Waals surface area contributed by atoms with Crippen LogP contribution in [0, 0.1) is 11.3 Å². The first kappa shape index (κ1) is 15.2. The molecule has 2 saturated heterocycles. The Morgan fingerprint density at radius 3 is 2.53 bits per heavy atom. The minimum absolute atomic E-state index is 0.432. The highest BCUT2D eigenvalue weighted by Gasteiger charge is 2.34. The predicted molar refractivity (Wildman–Crippen MR) is 77.5 cm³/mol. The summed E-state index contributed by atoms with van der Waals surface area (Å²) in [6.07, 6.45) is 4.98. The number of ether oxygens (including phenoxy) is 2. The molecule has 0 amide bonds. The van der Waals surface area contributed by atoms with Gasteiger partial charge in [0.1, 0.15) is 0 Å². The molecule has 19 heavy (non-hydrogen) atoms. The van der Waals surface area contributed by atoms with Crippen molar-refractivity contribution in [2.75, 3.05) is 60.2 Å². The molecular weight excluding hydrogens is 240 g/mol. The lowest BCUT2D eigenvalue weighted by molar-refractivity contribution is -0.0113. The van der Waals surface area contributed by atoms with Gasteiger partial charge in [0.05, 0.1) is 0 Å². The second-order valence-electron chi connectivity index (χ2n) is 6.32. The molecule has 4 heteroatoms. The maximum Gasteiger partial charge on any atom is 0.0491 e. The van der Waals surface area contributed by atoms with E-state index in [2.05, 4.69) is 17.3 Å². The van der Waals surface area contributed by atoms with Gasteiger partial charge in [0.2, 0.25) is 0 Å². The van der Waals surface area contributed by atoms with Gasteiger partial charge in [-0.15, -0.1) is 0 Å². The van der Waals surface area contributed by atoms with Crippen molar-refractivity contribution in [1.29, 1.82) is 0 Å². The van der Waals surface area contributed by atoms with Crippen LogP contribution in [0.5, 0.6) is 0 Å². The van der Waals surface area contributed by atoms with E-state index in [0.717, 1.165) is 32.3 Å². The van der Waals surface area contributed by atoms with Gasteiger partial charge >= 0.3 is 0 Å². The van der Waals surface area contributed by atoms with Gasteiger partial charge in [-0.3, -0.25) is 0 Å².